The molecule has 0 spiro atoms. The molecule has 0 fully saturated rings. The molecule has 1 aliphatic carbocycles. The molecule has 2 aliphatic rings. The van der Waals surface area contributed by atoms with Crippen LogP contribution in [-0.2, 0) is 14.4 Å². The lowest BCUT2D eigenvalue weighted by molar-refractivity contribution is -0.0159. The quantitative estimate of drug-likeness (QED) is 0.0927. The van der Waals surface area contributed by atoms with Crippen molar-refractivity contribution in [2.45, 2.75) is 10.8 Å². The molecule has 0 N–H and O–H groups in total. The summed E-state index contributed by atoms with van der Waals surface area (Å²) in [6.07, 6.45) is 1.71. The maximum Gasteiger partial charge on any atom is 0.324 e. The minimum Gasteiger partial charge on any atom is -0.266 e. The Morgan fingerprint density at radius 3 is 1.81 bits per heavy atom. The molecule has 15 heteroatoms. The van der Waals surface area contributed by atoms with E-state index in [4.69, 9.17) is 0 Å². The van der Waals surface area contributed by atoms with E-state index in [0.29, 0.717) is 16.8 Å². The second-order valence-corrected chi connectivity index (χ2v) is 12.4. The number of hydrogen-bond acceptors (Lipinski definition) is 7. The maximum atomic E-state index is 14.3. The lowest BCUT2D eigenvalue weighted by Gasteiger charge is -2.26. The van der Waals surface area contributed by atoms with Gasteiger partial charge in [0.25, 0.3) is 11.8 Å². The largest absolute Gasteiger partial charge is 0.324 e. The van der Waals surface area contributed by atoms with Crippen LogP contribution in [0.1, 0.15) is 43.5 Å². The normalized spacial score (nSPS) is 14.1. The van der Waals surface area contributed by atoms with Crippen LogP contribution in [0, 0.1) is 29.1 Å². The van der Waals surface area contributed by atoms with E-state index < -0.39 is 55.9 Å². The van der Waals surface area contributed by atoms with Crippen LogP contribution in [0.25, 0.3) is 27.6 Å². The van der Waals surface area contributed by atoms with Gasteiger partial charge in [-0.15, -0.1) is 14.4 Å². The number of halogens is 5. The minimum absolute atomic E-state index is 0.0760. The fourth-order valence-electron chi connectivity index (χ4n) is 6.27. The number of fused-ring (bicyclic) bond motifs is 3. The third kappa shape index (κ3) is 4.07. The number of amides is 2. The summed E-state index contributed by atoms with van der Waals surface area (Å²) in [6, 6.07) is 22.8. The Morgan fingerprint density at radius 2 is 1.19 bits per heavy atom. The summed E-state index contributed by atoms with van der Waals surface area (Å²) < 4.78 is 101. The van der Waals surface area contributed by atoms with Gasteiger partial charge < -0.3 is 0 Å². The highest BCUT2D eigenvalue weighted by atomic mass is 32.2. The predicted octanol–water partition coefficient (Wildman–Crippen LogP) is 6.19. The molecular weight excluding hydrogens is 659 g/mol. The molecule has 5 aromatic carbocycles. The van der Waals surface area contributed by atoms with Crippen molar-refractivity contribution in [3.05, 3.63) is 142 Å². The Bertz CT molecular complexity index is 2440. The van der Waals surface area contributed by atoms with Crippen LogP contribution >= 0.6 is 0 Å². The minimum atomic E-state index is -5.95. The molecule has 0 bridgehead atoms. The Hall–Kier alpha value is -5.80. The number of rotatable bonds is 5. The standard InChI is InChI=1S/C33H15F5N4O5S/c34-26-27(35)29(37)31(30(38)28(26)36)48(45,46)47-42-32(43)20-11-5-10-19-23(13-12-21(24(19)20)33(42)44)41-14-22(39-40-41)25-17-8-3-1-6-15(17)16-7-2-4-9-18(16)25/h1-14,25H. The number of benzene rings is 5. The van der Waals surface area contributed by atoms with Crippen LogP contribution in [-0.4, -0.2) is 40.3 Å². The van der Waals surface area contributed by atoms with Gasteiger partial charge in [0.05, 0.1) is 34.6 Å². The highest BCUT2D eigenvalue weighted by Gasteiger charge is 2.42. The molecule has 9 nitrogen and oxygen atoms in total. The Kier molecular flexibility index (Phi) is 6.38. The summed E-state index contributed by atoms with van der Waals surface area (Å²) in [6.45, 7) is 0. The number of imide groups is 1. The molecule has 1 aliphatic heterocycles. The number of nitrogens with zero attached hydrogens (tertiary/aromatic N) is 4. The third-order valence-electron chi connectivity index (χ3n) is 8.33. The smallest absolute Gasteiger partial charge is 0.266 e. The first-order valence-corrected chi connectivity index (χ1v) is 15.4. The SMILES string of the molecule is O=C1c2cccc3c(-n4cc(C5c6ccccc6-c6ccccc65)nn4)ccc(c23)C(=O)N1OS(=O)(=O)c1c(F)c(F)c(F)c(F)c1F. The van der Waals surface area contributed by atoms with E-state index in [1.165, 1.54) is 28.9 Å². The zero-order valence-electron chi connectivity index (χ0n) is 23.8. The van der Waals surface area contributed by atoms with Gasteiger partial charge in [-0.1, -0.05) is 65.9 Å². The van der Waals surface area contributed by atoms with Gasteiger partial charge in [-0.05, 0) is 40.5 Å². The Morgan fingerprint density at radius 1 is 0.646 bits per heavy atom. The first kappa shape index (κ1) is 29.6. The van der Waals surface area contributed by atoms with E-state index in [-0.39, 0.29) is 27.5 Å². The molecule has 0 unspecified atom stereocenters. The summed E-state index contributed by atoms with van der Waals surface area (Å²) in [5.41, 5.74) is 4.74. The molecule has 0 radical (unpaired) electrons. The van der Waals surface area contributed by atoms with Gasteiger partial charge in [0.2, 0.25) is 5.82 Å². The van der Waals surface area contributed by atoms with Crippen LogP contribution < -0.4 is 0 Å². The van der Waals surface area contributed by atoms with Crippen LogP contribution in [0.2, 0.25) is 0 Å². The van der Waals surface area contributed by atoms with Crippen molar-refractivity contribution < 1.29 is 44.2 Å². The van der Waals surface area contributed by atoms with Crippen LogP contribution in [0.15, 0.2) is 90.0 Å². The molecule has 1 aromatic heterocycles. The average Bonchev–Trinajstić information content (AvgIpc) is 3.70. The number of aromatic nitrogens is 3. The molecule has 2 amide bonds. The molecule has 8 rings (SSSR count). The monoisotopic (exact) mass is 674 g/mol. The number of carbonyl (C=O) groups is 2. The van der Waals surface area contributed by atoms with E-state index >= 15 is 0 Å². The lowest BCUT2D eigenvalue weighted by atomic mass is 9.93. The highest BCUT2D eigenvalue weighted by Crippen LogP contribution is 2.47. The van der Waals surface area contributed by atoms with Crippen LogP contribution in [0.5, 0.6) is 0 Å². The second kappa shape index (κ2) is 10.4. The van der Waals surface area contributed by atoms with E-state index in [2.05, 4.69) is 14.6 Å². The van der Waals surface area contributed by atoms with Crippen molar-refractivity contribution in [1.82, 2.24) is 20.1 Å². The first-order valence-electron chi connectivity index (χ1n) is 14.0. The van der Waals surface area contributed by atoms with Gasteiger partial charge in [0.1, 0.15) is 0 Å². The van der Waals surface area contributed by atoms with Crippen LogP contribution in [0.3, 0.4) is 0 Å². The van der Waals surface area contributed by atoms with Gasteiger partial charge in [-0.3, -0.25) is 9.59 Å². The molecule has 48 heavy (non-hydrogen) atoms. The van der Waals surface area contributed by atoms with E-state index in [0.717, 1.165) is 22.3 Å². The summed E-state index contributed by atoms with van der Waals surface area (Å²) in [5.74, 6) is -16.2. The van der Waals surface area contributed by atoms with Crippen molar-refractivity contribution in [3.63, 3.8) is 0 Å². The summed E-state index contributed by atoms with van der Waals surface area (Å²) in [7, 11) is -5.95. The van der Waals surface area contributed by atoms with Gasteiger partial charge in [0.15, 0.2) is 28.2 Å². The summed E-state index contributed by atoms with van der Waals surface area (Å²) in [4.78, 5) is 24.5. The van der Waals surface area contributed by atoms with E-state index in [9.17, 15) is 40.0 Å². The number of hydroxylamine groups is 2. The van der Waals surface area contributed by atoms with Crippen molar-refractivity contribution in [2.24, 2.45) is 0 Å². The molecule has 6 aromatic rings. The molecule has 0 saturated heterocycles. The average molecular weight is 675 g/mol. The number of carbonyl (C=O) groups excluding carboxylic acids is 2. The van der Waals surface area contributed by atoms with Gasteiger partial charge >= 0.3 is 10.1 Å². The maximum absolute atomic E-state index is 14.3. The predicted molar refractivity (Wildman–Crippen MR) is 157 cm³/mol. The fraction of sp³-hybridized carbons (Fsp3) is 0.0303. The van der Waals surface area contributed by atoms with Crippen molar-refractivity contribution in [3.8, 4) is 16.8 Å². The number of hydrogen-bond donors (Lipinski definition) is 0. The van der Waals surface area contributed by atoms with Crippen molar-refractivity contribution in [1.29, 1.82) is 0 Å². The molecule has 238 valence electrons. The Labute approximate surface area is 266 Å². The van der Waals surface area contributed by atoms with Gasteiger partial charge in [-0.2, -0.15) is 8.42 Å². The molecule has 2 heterocycles. The van der Waals surface area contributed by atoms with Crippen molar-refractivity contribution >= 4 is 32.7 Å². The van der Waals surface area contributed by atoms with Gasteiger partial charge in [0, 0.05) is 10.8 Å². The van der Waals surface area contributed by atoms with E-state index in [1.807, 2.05) is 48.5 Å². The fourth-order valence-corrected chi connectivity index (χ4v) is 7.29. The highest BCUT2D eigenvalue weighted by molar-refractivity contribution is 7.86. The zero-order valence-corrected chi connectivity index (χ0v) is 24.6. The van der Waals surface area contributed by atoms with E-state index in [1.54, 1.807) is 12.3 Å². The summed E-state index contributed by atoms with van der Waals surface area (Å²) in [5, 5.41) is 8.87. The summed E-state index contributed by atoms with van der Waals surface area (Å²) >= 11 is 0. The first-order chi connectivity index (χ1) is 23.0. The van der Waals surface area contributed by atoms with Crippen LogP contribution in [0.4, 0.5) is 22.0 Å². The third-order valence-corrected chi connectivity index (χ3v) is 9.53. The topological polar surface area (TPSA) is 111 Å². The molecule has 0 atom stereocenters. The molecular formula is C33H15F5N4O5S. The zero-order chi connectivity index (χ0) is 33.6. The van der Waals surface area contributed by atoms with Gasteiger partial charge in [-0.25, -0.2) is 26.6 Å². The second-order valence-electron chi connectivity index (χ2n) is 10.9. The lowest BCUT2D eigenvalue weighted by Crippen LogP contribution is -2.42. The molecule has 0 saturated carbocycles. The Balaban J connectivity index is 1.18. The van der Waals surface area contributed by atoms with Crippen molar-refractivity contribution in [2.75, 3.05) is 0 Å².